The number of hydrogen-bond acceptors (Lipinski definition) is 2. The van der Waals surface area contributed by atoms with E-state index < -0.39 is 0 Å². The molecule has 1 aliphatic rings. The predicted molar refractivity (Wildman–Crippen MR) is 83.0 cm³/mol. The van der Waals surface area contributed by atoms with Crippen molar-refractivity contribution in [2.45, 2.75) is 18.9 Å². The van der Waals surface area contributed by atoms with Gasteiger partial charge in [0.1, 0.15) is 0 Å². The molecule has 1 aliphatic carbocycles. The van der Waals surface area contributed by atoms with Gasteiger partial charge in [-0.3, -0.25) is 4.98 Å². The molecule has 4 rings (SSSR count). The first kappa shape index (κ1) is 12.9. The third-order valence-electron chi connectivity index (χ3n) is 3.60. The van der Waals surface area contributed by atoms with Gasteiger partial charge in [-0.2, -0.15) is 0 Å². The molecule has 0 radical (unpaired) electrons. The predicted octanol–water partition coefficient (Wildman–Crippen LogP) is 3.31. The quantitative estimate of drug-likeness (QED) is 0.563. The zero-order valence-corrected chi connectivity index (χ0v) is 10.1. The first-order valence-corrected chi connectivity index (χ1v) is 6.44. The van der Waals surface area contributed by atoms with E-state index in [4.69, 9.17) is 0 Å². The van der Waals surface area contributed by atoms with Crippen LogP contribution in [-0.4, -0.2) is 40.6 Å². The second kappa shape index (κ2) is 5.12. The normalized spacial score (nSPS) is 14.3. The van der Waals surface area contributed by atoms with Crippen molar-refractivity contribution in [3.8, 4) is 0 Å². The van der Waals surface area contributed by atoms with Crippen molar-refractivity contribution in [3.63, 3.8) is 0 Å². The van der Waals surface area contributed by atoms with Gasteiger partial charge in [-0.15, -0.1) is 0 Å². The third-order valence-corrected chi connectivity index (χ3v) is 3.60. The van der Waals surface area contributed by atoms with Crippen LogP contribution in [0, 0.1) is 0 Å². The summed E-state index contributed by atoms with van der Waals surface area (Å²) in [6.07, 6.45) is 6.42. The fraction of sp³-hybridized carbons (Fsp3) is 0.188. The fourth-order valence-corrected chi connectivity index (χ4v) is 2.51. The topological polar surface area (TPSA) is 24.9 Å². The van der Waals surface area contributed by atoms with Crippen LogP contribution in [-0.2, 0) is 0 Å². The van der Waals surface area contributed by atoms with Crippen molar-refractivity contribution in [2.75, 3.05) is 5.32 Å². The summed E-state index contributed by atoms with van der Waals surface area (Å²) in [7, 11) is 0. The number of aromatic nitrogens is 1. The van der Waals surface area contributed by atoms with E-state index >= 15 is 0 Å². The molecule has 0 saturated heterocycles. The van der Waals surface area contributed by atoms with Gasteiger partial charge in [-0.05, 0) is 35.7 Å². The van der Waals surface area contributed by atoms with Crippen LogP contribution in [0.25, 0.3) is 21.5 Å². The molecule has 90 valence electrons. The van der Waals surface area contributed by atoms with Gasteiger partial charge in [0.15, 0.2) is 0 Å². The molecule has 0 unspecified atom stereocenters. The molecule has 0 bridgehead atoms. The number of nitrogens with zero attached hydrogens (tertiary/aromatic N) is 1. The molecule has 19 heavy (non-hydrogen) atoms. The molecular formula is C16H15N2Na. The minimum atomic E-state index is 0. The number of nitrogens with one attached hydrogen (secondary N) is 1. The minimum Gasteiger partial charge on any atom is -0.382 e. The molecule has 0 aliphatic heterocycles. The van der Waals surface area contributed by atoms with Crippen LogP contribution >= 0.6 is 0 Å². The Morgan fingerprint density at radius 2 is 1.84 bits per heavy atom. The number of rotatable bonds is 2. The van der Waals surface area contributed by atoms with Crippen molar-refractivity contribution in [1.29, 1.82) is 0 Å². The van der Waals surface area contributed by atoms with Crippen molar-refractivity contribution < 1.29 is 0 Å². The summed E-state index contributed by atoms with van der Waals surface area (Å²) in [5, 5.41) is 8.69. The molecule has 1 N–H and O–H groups in total. The second-order valence-corrected chi connectivity index (χ2v) is 4.99. The summed E-state index contributed by atoms with van der Waals surface area (Å²) in [6.45, 7) is 0. The first-order chi connectivity index (χ1) is 8.92. The molecule has 0 atom stereocenters. The molecule has 1 heterocycles. The summed E-state index contributed by atoms with van der Waals surface area (Å²) < 4.78 is 0. The molecular weight excluding hydrogens is 243 g/mol. The van der Waals surface area contributed by atoms with E-state index in [0.29, 0.717) is 6.04 Å². The molecule has 3 aromatic rings. The Morgan fingerprint density at radius 1 is 1.00 bits per heavy atom. The summed E-state index contributed by atoms with van der Waals surface area (Å²) in [6, 6.07) is 13.5. The Bertz CT molecular complexity index is 735. The molecule has 1 aromatic heterocycles. The van der Waals surface area contributed by atoms with Crippen LogP contribution < -0.4 is 5.32 Å². The monoisotopic (exact) mass is 258 g/mol. The van der Waals surface area contributed by atoms with E-state index in [2.05, 4.69) is 46.7 Å². The number of benzene rings is 2. The molecule has 0 spiro atoms. The molecule has 1 fully saturated rings. The van der Waals surface area contributed by atoms with Crippen LogP contribution in [0.3, 0.4) is 0 Å². The zero-order valence-electron chi connectivity index (χ0n) is 10.1. The molecule has 0 amide bonds. The van der Waals surface area contributed by atoms with Gasteiger partial charge in [-0.1, -0.05) is 24.3 Å². The van der Waals surface area contributed by atoms with E-state index in [1.807, 2.05) is 12.4 Å². The Morgan fingerprint density at radius 3 is 2.68 bits per heavy atom. The van der Waals surface area contributed by atoms with Gasteiger partial charge in [0.25, 0.3) is 0 Å². The van der Waals surface area contributed by atoms with E-state index in [1.165, 1.54) is 40.1 Å². The summed E-state index contributed by atoms with van der Waals surface area (Å²) in [4.78, 5) is 4.27. The van der Waals surface area contributed by atoms with Crippen molar-refractivity contribution >= 4 is 56.8 Å². The van der Waals surface area contributed by atoms with Crippen molar-refractivity contribution in [2.24, 2.45) is 0 Å². The standard InChI is InChI=1S/C16H14N2.Na.H/c1-2-4-13-11(3-1)9-16(18-12-5-6-12)14-7-8-17-10-15(13)14;;/h1-4,7-10,12,18H,5-6H2;;. The number of anilines is 1. The van der Waals surface area contributed by atoms with Crippen LogP contribution in [0.4, 0.5) is 5.69 Å². The second-order valence-electron chi connectivity index (χ2n) is 4.99. The average molecular weight is 258 g/mol. The maximum absolute atomic E-state index is 4.27. The van der Waals surface area contributed by atoms with Crippen LogP contribution in [0.5, 0.6) is 0 Å². The zero-order chi connectivity index (χ0) is 11.9. The van der Waals surface area contributed by atoms with Gasteiger partial charge in [-0.25, -0.2) is 0 Å². The average Bonchev–Trinajstić information content (AvgIpc) is 3.23. The Hall–Kier alpha value is -1.09. The third kappa shape index (κ3) is 2.36. The van der Waals surface area contributed by atoms with Crippen molar-refractivity contribution in [3.05, 3.63) is 48.8 Å². The Balaban J connectivity index is 0.00000110. The van der Waals surface area contributed by atoms with E-state index in [-0.39, 0.29) is 29.6 Å². The molecule has 2 aromatic carbocycles. The van der Waals surface area contributed by atoms with Gasteiger partial charge in [0.2, 0.25) is 0 Å². The maximum Gasteiger partial charge on any atom is 0.0429 e. The SMILES string of the molecule is [NaH].c1ccc2c(c1)cc(NC1CC1)c1ccncc12. The van der Waals surface area contributed by atoms with E-state index in [9.17, 15) is 0 Å². The van der Waals surface area contributed by atoms with Gasteiger partial charge in [0, 0.05) is 34.9 Å². The fourth-order valence-electron chi connectivity index (χ4n) is 2.51. The maximum atomic E-state index is 4.27. The first-order valence-electron chi connectivity index (χ1n) is 6.44. The summed E-state index contributed by atoms with van der Waals surface area (Å²) >= 11 is 0. The largest absolute Gasteiger partial charge is 0.382 e. The molecule has 1 saturated carbocycles. The number of fused-ring (bicyclic) bond motifs is 3. The molecule has 3 heteroatoms. The van der Waals surface area contributed by atoms with Gasteiger partial charge < -0.3 is 5.32 Å². The summed E-state index contributed by atoms with van der Waals surface area (Å²) in [5.41, 5.74) is 1.24. The number of hydrogen-bond donors (Lipinski definition) is 1. The van der Waals surface area contributed by atoms with Gasteiger partial charge >= 0.3 is 29.6 Å². The van der Waals surface area contributed by atoms with Crippen LogP contribution in [0.2, 0.25) is 0 Å². The van der Waals surface area contributed by atoms with Crippen LogP contribution in [0.1, 0.15) is 12.8 Å². The molecule has 2 nitrogen and oxygen atoms in total. The van der Waals surface area contributed by atoms with Gasteiger partial charge in [0.05, 0.1) is 0 Å². The Kier molecular flexibility index (Phi) is 3.48. The minimum absolute atomic E-state index is 0. The Labute approximate surface area is 134 Å². The van der Waals surface area contributed by atoms with E-state index in [0.717, 1.165) is 0 Å². The van der Waals surface area contributed by atoms with Crippen LogP contribution in [0.15, 0.2) is 48.8 Å². The van der Waals surface area contributed by atoms with Crippen molar-refractivity contribution in [1.82, 2.24) is 4.98 Å². The number of pyridine rings is 1. The smallest absolute Gasteiger partial charge is 0.0429 e. The summed E-state index contributed by atoms with van der Waals surface area (Å²) in [5.74, 6) is 0. The van der Waals surface area contributed by atoms with E-state index in [1.54, 1.807) is 0 Å².